The van der Waals surface area contributed by atoms with E-state index in [4.69, 9.17) is 21.1 Å². The molecule has 0 unspecified atom stereocenters. The Kier molecular flexibility index (Phi) is 14.0. The molecule has 0 spiro atoms. The van der Waals surface area contributed by atoms with Crippen LogP contribution in [0.1, 0.15) is 103 Å². The summed E-state index contributed by atoms with van der Waals surface area (Å²) in [5.74, 6) is 1.02. The van der Waals surface area contributed by atoms with Crippen LogP contribution in [0.25, 0.3) is 0 Å². The summed E-state index contributed by atoms with van der Waals surface area (Å²) in [6, 6.07) is 19.6. The van der Waals surface area contributed by atoms with E-state index in [-0.39, 0.29) is 30.3 Å². The average molecular weight is 671 g/mol. The fraction of sp³-hybridized carbons (Fsp3) is 0.632. The molecule has 2 aromatic rings. The topological polar surface area (TPSA) is 83.1 Å². The molecule has 262 valence electrons. The van der Waals surface area contributed by atoms with Gasteiger partial charge in [0.05, 0.1) is 0 Å². The van der Waals surface area contributed by atoms with Crippen LogP contribution in [-0.2, 0) is 9.47 Å². The molecule has 9 heteroatoms. The van der Waals surface area contributed by atoms with Crippen LogP contribution in [0.4, 0.5) is 9.59 Å². The van der Waals surface area contributed by atoms with Crippen molar-refractivity contribution in [1.82, 2.24) is 20.4 Å². The number of rotatable bonds is 6. The molecule has 2 aliphatic carbocycles. The summed E-state index contributed by atoms with van der Waals surface area (Å²) in [4.78, 5) is 28.6. The third kappa shape index (κ3) is 13.0. The fourth-order valence-electron chi connectivity index (χ4n) is 6.78. The lowest BCUT2D eigenvalue weighted by atomic mass is 9.78. The third-order valence-corrected chi connectivity index (χ3v) is 9.19. The van der Waals surface area contributed by atoms with Gasteiger partial charge < -0.3 is 29.9 Å². The van der Waals surface area contributed by atoms with Gasteiger partial charge in [-0.1, -0.05) is 54.1 Å². The second-order valence-electron chi connectivity index (χ2n) is 15.6. The molecule has 0 aromatic heterocycles. The maximum Gasteiger partial charge on any atom is 0.407 e. The van der Waals surface area contributed by atoms with Crippen LogP contribution in [0, 0.1) is 0 Å². The second-order valence-corrected chi connectivity index (χ2v) is 16.0. The van der Waals surface area contributed by atoms with Gasteiger partial charge in [-0.2, -0.15) is 0 Å². The molecule has 0 aliphatic heterocycles. The lowest BCUT2D eigenvalue weighted by Gasteiger charge is -2.40. The van der Waals surface area contributed by atoms with Gasteiger partial charge in [-0.3, -0.25) is 0 Å². The van der Waals surface area contributed by atoms with Crippen LogP contribution < -0.4 is 10.6 Å². The van der Waals surface area contributed by atoms with Gasteiger partial charge in [-0.25, -0.2) is 9.59 Å². The highest BCUT2D eigenvalue weighted by Gasteiger charge is 2.35. The van der Waals surface area contributed by atoms with Crippen molar-refractivity contribution < 1.29 is 19.1 Å². The fourth-order valence-corrected chi connectivity index (χ4v) is 6.98. The molecule has 0 bridgehead atoms. The highest BCUT2D eigenvalue weighted by Crippen LogP contribution is 2.36. The van der Waals surface area contributed by atoms with E-state index in [2.05, 4.69) is 91.1 Å². The van der Waals surface area contributed by atoms with Crippen molar-refractivity contribution in [2.24, 2.45) is 0 Å². The monoisotopic (exact) mass is 670 g/mol. The van der Waals surface area contributed by atoms with Crippen LogP contribution in [0.2, 0.25) is 5.02 Å². The zero-order chi connectivity index (χ0) is 34.9. The quantitative estimate of drug-likeness (QED) is 0.322. The van der Waals surface area contributed by atoms with E-state index in [0.29, 0.717) is 17.9 Å². The largest absolute Gasteiger partial charge is 0.444 e. The van der Waals surface area contributed by atoms with Crippen LogP contribution >= 0.6 is 11.6 Å². The van der Waals surface area contributed by atoms with Gasteiger partial charge in [0.1, 0.15) is 11.2 Å². The predicted molar refractivity (Wildman–Crippen MR) is 192 cm³/mol. The normalized spacial score (nSPS) is 25.0. The predicted octanol–water partition coefficient (Wildman–Crippen LogP) is 8.21. The van der Waals surface area contributed by atoms with Gasteiger partial charge in [-0.05, 0) is 143 Å². The lowest BCUT2D eigenvalue weighted by molar-refractivity contribution is 0.0434. The van der Waals surface area contributed by atoms with Crippen molar-refractivity contribution in [2.75, 3.05) is 28.2 Å². The first kappa shape index (κ1) is 38.6. The number of amides is 2. The molecule has 4 rings (SSSR count). The van der Waals surface area contributed by atoms with E-state index in [1.165, 1.54) is 11.1 Å². The summed E-state index contributed by atoms with van der Waals surface area (Å²) >= 11 is 6.14. The van der Waals surface area contributed by atoms with E-state index in [1.54, 1.807) is 0 Å². The van der Waals surface area contributed by atoms with E-state index in [1.807, 2.05) is 53.7 Å². The standard InChI is InChI=1S/C19H29ClN2O2.C19H30N2O2/c1-19(2,3)24-18(23)21-16-10-9-14(12-17(16)22(4)5)13-7-6-8-15(20)11-13;1-19(2,3)23-18(22)20-16-12-11-15(13-17(16)21(4)5)14-9-7-6-8-10-14/h6-8,11,14,16-17H,9-10,12H2,1-5H3,(H,21,23);6-10,15-17H,11-13H2,1-5H3,(H,20,22)/t14-,16-,17-;15-,16-,17-/m00/s1. The number of nitrogens with zero attached hydrogens (tertiary/aromatic N) is 2. The van der Waals surface area contributed by atoms with Crippen molar-refractivity contribution in [3.8, 4) is 0 Å². The minimum absolute atomic E-state index is 0.102. The first-order valence-corrected chi connectivity index (χ1v) is 17.4. The molecule has 2 saturated carbocycles. The Morgan fingerprint density at radius 2 is 1.09 bits per heavy atom. The molecule has 47 heavy (non-hydrogen) atoms. The molecular formula is C38H59ClN4O4. The number of nitrogens with one attached hydrogen (secondary N) is 2. The molecule has 8 nitrogen and oxygen atoms in total. The van der Waals surface area contributed by atoms with Crippen LogP contribution in [0.15, 0.2) is 54.6 Å². The smallest absolute Gasteiger partial charge is 0.407 e. The highest BCUT2D eigenvalue weighted by atomic mass is 35.5. The van der Waals surface area contributed by atoms with Crippen molar-refractivity contribution >= 4 is 23.8 Å². The summed E-state index contributed by atoms with van der Waals surface area (Å²) in [6.45, 7) is 11.3. The summed E-state index contributed by atoms with van der Waals surface area (Å²) < 4.78 is 10.8. The maximum atomic E-state index is 12.1. The number of carbonyl (C=O) groups excluding carboxylic acids is 2. The number of likely N-dealkylation sites (N-methyl/N-ethyl adjacent to an activating group) is 2. The zero-order valence-electron chi connectivity index (χ0n) is 30.3. The van der Waals surface area contributed by atoms with Crippen molar-refractivity contribution in [3.05, 3.63) is 70.7 Å². The number of carbonyl (C=O) groups is 2. The van der Waals surface area contributed by atoms with Crippen LogP contribution in [0.3, 0.4) is 0 Å². The molecule has 6 atom stereocenters. The Bertz CT molecular complexity index is 1270. The van der Waals surface area contributed by atoms with Gasteiger partial charge in [0.2, 0.25) is 0 Å². The van der Waals surface area contributed by atoms with Crippen molar-refractivity contribution in [3.63, 3.8) is 0 Å². The minimum Gasteiger partial charge on any atom is -0.444 e. The first-order chi connectivity index (χ1) is 21.9. The number of halogens is 1. The van der Waals surface area contributed by atoms with E-state index < -0.39 is 11.2 Å². The minimum atomic E-state index is -0.477. The molecule has 0 heterocycles. The van der Waals surface area contributed by atoms with E-state index >= 15 is 0 Å². The Morgan fingerprint density at radius 3 is 1.49 bits per heavy atom. The Hall–Kier alpha value is -2.81. The Balaban J connectivity index is 0.000000256. The van der Waals surface area contributed by atoms with E-state index in [0.717, 1.165) is 43.5 Å². The number of hydrogen-bond acceptors (Lipinski definition) is 6. The summed E-state index contributed by atoms with van der Waals surface area (Å²) in [7, 11) is 8.30. The number of hydrogen-bond donors (Lipinski definition) is 2. The first-order valence-electron chi connectivity index (χ1n) is 17.0. The molecule has 2 N–H and O–H groups in total. The van der Waals surface area contributed by atoms with Gasteiger partial charge in [0.15, 0.2) is 0 Å². The molecule has 2 aromatic carbocycles. The third-order valence-electron chi connectivity index (χ3n) is 8.96. The van der Waals surface area contributed by atoms with Gasteiger partial charge in [-0.15, -0.1) is 0 Å². The average Bonchev–Trinajstić information content (AvgIpc) is 2.96. The van der Waals surface area contributed by atoms with Crippen molar-refractivity contribution in [2.45, 2.75) is 127 Å². The SMILES string of the molecule is CN(C)[C@H]1C[C@@H](c2cccc(Cl)c2)CC[C@@H]1NC(=O)OC(C)(C)C.CN(C)[C@H]1C[C@@H](c2ccccc2)CC[C@@H]1NC(=O)OC(C)(C)C. The highest BCUT2D eigenvalue weighted by molar-refractivity contribution is 6.30. The lowest BCUT2D eigenvalue weighted by Crippen LogP contribution is -2.53. The summed E-state index contributed by atoms with van der Waals surface area (Å²) in [6.07, 6.45) is 5.43. The molecule has 2 amide bonds. The molecule has 0 radical (unpaired) electrons. The molecular weight excluding hydrogens is 612 g/mol. The number of alkyl carbamates (subject to hydrolysis) is 2. The summed E-state index contributed by atoms with van der Waals surface area (Å²) in [5.41, 5.74) is 1.74. The van der Waals surface area contributed by atoms with Gasteiger partial charge >= 0.3 is 12.2 Å². The molecule has 2 fully saturated rings. The van der Waals surface area contributed by atoms with Crippen molar-refractivity contribution in [1.29, 1.82) is 0 Å². The Labute approximate surface area is 288 Å². The Morgan fingerprint density at radius 1 is 0.660 bits per heavy atom. The van der Waals surface area contributed by atoms with Crippen LogP contribution in [0.5, 0.6) is 0 Å². The molecule has 0 saturated heterocycles. The van der Waals surface area contributed by atoms with Crippen LogP contribution in [-0.4, -0.2) is 85.5 Å². The summed E-state index contributed by atoms with van der Waals surface area (Å²) in [5, 5.41) is 6.92. The van der Waals surface area contributed by atoms with Gasteiger partial charge in [0.25, 0.3) is 0 Å². The number of ether oxygens (including phenoxy) is 2. The van der Waals surface area contributed by atoms with Gasteiger partial charge in [0, 0.05) is 29.2 Å². The second kappa shape index (κ2) is 17.0. The van der Waals surface area contributed by atoms with E-state index in [9.17, 15) is 9.59 Å². The molecule has 2 aliphatic rings. The number of benzene rings is 2. The maximum absolute atomic E-state index is 12.1. The zero-order valence-corrected chi connectivity index (χ0v) is 31.1.